The Labute approximate surface area is 89.7 Å². The van der Waals surface area contributed by atoms with Gasteiger partial charge in [0, 0.05) is 6.92 Å². The normalized spacial score (nSPS) is 11.5. The molecule has 15 heavy (non-hydrogen) atoms. The number of nitriles is 1. The lowest BCUT2D eigenvalue weighted by Crippen LogP contribution is -2.25. The molecule has 0 aromatic heterocycles. The van der Waals surface area contributed by atoms with E-state index in [0.717, 1.165) is 11.1 Å². The Bertz CT molecular complexity index is 393. The molecule has 1 rings (SSSR count). The molecule has 0 saturated carbocycles. The van der Waals surface area contributed by atoms with Crippen LogP contribution in [0, 0.1) is 18.3 Å². The molecule has 0 fully saturated rings. The molecule has 0 aliphatic rings. The Balaban J connectivity index is 2.89. The van der Waals surface area contributed by atoms with Crippen molar-refractivity contribution in [2.24, 2.45) is 0 Å². The quantitative estimate of drug-likeness (QED) is 0.815. The zero-order valence-corrected chi connectivity index (χ0v) is 8.95. The number of benzene rings is 1. The summed E-state index contributed by atoms with van der Waals surface area (Å²) in [5.41, 5.74) is 2.10. The molecule has 0 spiro atoms. The van der Waals surface area contributed by atoms with Crippen LogP contribution in [-0.4, -0.2) is 5.91 Å². The Morgan fingerprint density at radius 1 is 1.60 bits per heavy atom. The second kappa shape index (κ2) is 5.16. The topological polar surface area (TPSA) is 52.9 Å². The van der Waals surface area contributed by atoms with Crippen molar-refractivity contribution in [3.05, 3.63) is 35.4 Å². The smallest absolute Gasteiger partial charge is 0.217 e. The molecule has 0 saturated heterocycles. The second-order valence-electron chi connectivity index (χ2n) is 3.53. The largest absolute Gasteiger partial charge is 0.348 e. The molecular weight excluding hydrogens is 188 g/mol. The number of rotatable bonds is 3. The molecule has 0 aliphatic heterocycles. The number of hydrogen-bond donors (Lipinski definition) is 1. The summed E-state index contributed by atoms with van der Waals surface area (Å²) in [6.45, 7) is 3.45. The predicted octanol–water partition coefficient (Wildman–Crippen LogP) is 2.09. The highest BCUT2D eigenvalue weighted by Gasteiger charge is 2.11. The summed E-state index contributed by atoms with van der Waals surface area (Å²) < 4.78 is 0. The standard InChI is InChI=1S/C12H14N2O/c1-9-4-3-5-11(8-9)12(6-7-13)14-10(2)15/h3-5,8,12H,6H2,1-2H3,(H,14,15). The Morgan fingerprint density at radius 2 is 2.33 bits per heavy atom. The highest BCUT2D eigenvalue weighted by molar-refractivity contribution is 5.73. The zero-order chi connectivity index (χ0) is 11.3. The van der Waals surface area contributed by atoms with Gasteiger partial charge in [0.15, 0.2) is 0 Å². The molecule has 3 heteroatoms. The summed E-state index contributed by atoms with van der Waals surface area (Å²) in [4.78, 5) is 11.0. The first-order chi connectivity index (χ1) is 7.13. The first-order valence-corrected chi connectivity index (χ1v) is 4.84. The van der Waals surface area contributed by atoms with E-state index < -0.39 is 0 Å². The fourth-order valence-corrected chi connectivity index (χ4v) is 1.48. The molecule has 1 amide bonds. The van der Waals surface area contributed by atoms with E-state index in [4.69, 9.17) is 5.26 Å². The van der Waals surface area contributed by atoms with Gasteiger partial charge in [-0.1, -0.05) is 29.8 Å². The van der Waals surface area contributed by atoms with Crippen LogP contribution in [0.3, 0.4) is 0 Å². The molecule has 1 aromatic rings. The minimum Gasteiger partial charge on any atom is -0.348 e. The second-order valence-corrected chi connectivity index (χ2v) is 3.53. The van der Waals surface area contributed by atoms with Gasteiger partial charge in [0.05, 0.1) is 18.5 Å². The number of hydrogen-bond acceptors (Lipinski definition) is 2. The minimum absolute atomic E-state index is 0.114. The summed E-state index contributed by atoms with van der Waals surface area (Å²) in [5, 5.41) is 11.4. The predicted molar refractivity (Wildman–Crippen MR) is 58.0 cm³/mol. The fourth-order valence-electron chi connectivity index (χ4n) is 1.48. The summed E-state index contributed by atoms with van der Waals surface area (Å²) in [6.07, 6.45) is 0.295. The number of nitrogens with zero attached hydrogens (tertiary/aromatic N) is 1. The van der Waals surface area contributed by atoms with Crippen molar-refractivity contribution < 1.29 is 4.79 Å². The van der Waals surface area contributed by atoms with Crippen LogP contribution in [-0.2, 0) is 4.79 Å². The third-order valence-electron chi connectivity index (χ3n) is 2.12. The van der Waals surface area contributed by atoms with E-state index in [-0.39, 0.29) is 11.9 Å². The molecule has 1 aromatic carbocycles. The van der Waals surface area contributed by atoms with Gasteiger partial charge in [-0.05, 0) is 12.5 Å². The zero-order valence-electron chi connectivity index (χ0n) is 8.95. The van der Waals surface area contributed by atoms with Crippen LogP contribution >= 0.6 is 0 Å². The van der Waals surface area contributed by atoms with E-state index >= 15 is 0 Å². The van der Waals surface area contributed by atoms with Crippen LogP contribution in [0.4, 0.5) is 0 Å². The van der Waals surface area contributed by atoms with Crippen LogP contribution < -0.4 is 5.32 Å². The molecule has 1 atom stereocenters. The number of carbonyl (C=O) groups excluding carboxylic acids is 1. The van der Waals surface area contributed by atoms with E-state index in [1.54, 1.807) is 0 Å². The van der Waals surface area contributed by atoms with Crippen LogP contribution in [0.5, 0.6) is 0 Å². The summed E-state index contributed by atoms with van der Waals surface area (Å²) in [5.74, 6) is -0.114. The maximum atomic E-state index is 11.0. The summed E-state index contributed by atoms with van der Waals surface area (Å²) >= 11 is 0. The maximum absolute atomic E-state index is 11.0. The van der Waals surface area contributed by atoms with Crippen molar-refractivity contribution >= 4 is 5.91 Å². The van der Waals surface area contributed by atoms with E-state index in [1.165, 1.54) is 6.92 Å². The first-order valence-electron chi connectivity index (χ1n) is 4.84. The van der Waals surface area contributed by atoms with Gasteiger partial charge < -0.3 is 5.32 Å². The van der Waals surface area contributed by atoms with Crippen LogP contribution in [0.2, 0.25) is 0 Å². The molecule has 0 bridgehead atoms. The van der Waals surface area contributed by atoms with Gasteiger partial charge >= 0.3 is 0 Å². The van der Waals surface area contributed by atoms with Crippen molar-refractivity contribution in [1.82, 2.24) is 5.32 Å². The Hall–Kier alpha value is -1.82. The van der Waals surface area contributed by atoms with Crippen LogP contribution in [0.1, 0.15) is 30.5 Å². The van der Waals surface area contributed by atoms with Crippen molar-refractivity contribution in [2.75, 3.05) is 0 Å². The number of nitrogens with one attached hydrogen (secondary N) is 1. The molecule has 1 unspecified atom stereocenters. The summed E-state index contributed by atoms with van der Waals surface area (Å²) in [6, 6.07) is 9.69. The van der Waals surface area contributed by atoms with Crippen LogP contribution in [0.15, 0.2) is 24.3 Å². The van der Waals surface area contributed by atoms with Gasteiger partial charge in [0.2, 0.25) is 5.91 Å². The van der Waals surface area contributed by atoms with Gasteiger partial charge in [-0.3, -0.25) is 4.79 Å². The lowest BCUT2D eigenvalue weighted by atomic mass is 10.0. The van der Waals surface area contributed by atoms with Gasteiger partial charge in [-0.25, -0.2) is 0 Å². The highest BCUT2D eigenvalue weighted by Crippen LogP contribution is 2.17. The van der Waals surface area contributed by atoms with Gasteiger partial charge in [-0.2, -0.15) is 5.26 Å². The van der Waals surface area contributed by atoms with Crippen molar-refractivity contribution in [3.63, 3.8) is 0 Å². The maximum Gasteiger partial charge on any atom is 0.217 e. The van der Waals surface area contributed by atoms with Gasteiger partial charge in [-0.15, -0.1) is 0 Å². The van der Waals surface area contributed by atoms with E-state index in [0.29, 0.717) is 6.42 Å². The number of carbonyl (C=O) groups is 1. The molecule has 3 nitrogen and oxygen atoms in total. The molecule has 0 aliphatic carbocycles. The number of amides is 1. The van der Waals surface area contributed by atoms with Gasteiger partial charge in [0.1, 0.15) is 0 Å². The minimum atomic E-state index is -0.201. The van der Waals surface area contributed by atoms with Crippen molar-refractivity contribution in [2.45, 2.75) is 26.3 Å². The van der Waals surface area contributed by atoms with E-state index in [9.17, 15) is 4.79 Å². The lowest BCUT2D eigenvalue weighted by molar-refractivity contribution is -0.119. The van der Waals surface area contributed by atoms with E-state index in [1.807, 2.05) is 31.2 Å². The van der Waals surface area contributed by atoms with Crippen molar-refractivity contribution in [1.29, 1.82) is 5.26 Å². The molecule has 0 heterocycles. The van der Waals surface area contributed by atoms with Crippen molar-refractivity contribution in [3.8, 4) is 6.07 Å². The fraction of sp³-hybridized carbons (Fsp3) is 0.333. The molecule has 0 radical (unpaired) electrons. The average Bonchev–Trinajstić information content (AvgIpc) is 2.16. The third-order valence-corrected chi connectivity index (χ3v) is 2.12. The van der Waals surface area contributed by atoms with E-state index in [2.05, 4.69) is 11.4 Å². The first kappa shape index (κ1) is 11.3. The molecule has 78 valence electrons. The average molecular weight is 202 g/mol. The SMILES string of the molecule is CC(=O)NC(CC#N)c1cccc(C)c1. The Kier molecular flexibility index (Phi) is 3.87. The molecular formula is C12H14N2O. The highest BCUT2D eigenvalue weighted by atomic mass is 16.1. The monoisotopic (exact) mass is 202 g/mol. The Morgan fingerprint density at radius 3 is 2.87 bits per heavy atom. The lowest BCUT2D eigenvalue weighted by Gasteiger charge is -2.15. The number of aryl methyl sites for hydroxylation is 1. The third kappa shape index (κ3) is 3.43. The molecule has 1 N–H and O–H groups in total. The van der Waals surface area contributed by atoms with Gasteiger partial charge in [0.25, 0.3) is 0 Å². The van der Waals surface area contributed by atoms with Crippen LogP contribution in [0.25, 0.3) is 0 Å². The summed E-state index contributed by atoms with van der Waals surface area (Å²) in [7, 11) is 0.